The van der Waals surface area contributed by atoms with E-state index in [0.717, 1.165) is 11.3 Å². The maximum Gasteiger partial charge on any atom is 0.189 e. The number of methoxy groups -OCH3 is 2. The van der Waals surface area contributed by atoms with Gasteiger partial charge in [-0.3, -0.25) is 0 Å². The molecule has 140 valence electrons. The van der Waals surface area contributed by atoms with Crippen LogP contribution >= 0.6 is 0 Å². The number of hydrogen-bond donors (Lipinski definition) is 2. The van der Waals surface area contributed by atoms with E-state index in [0.29, 0.717) is 30.5 Å². The van der Waals surface area contributed by atoms with E-state index in [9.17, 15) is 0 Å². The predicted octanol–water partition coefficient (Wildman–Crippen LogP) is 2.88. The minimum absolute atomic E-state index is 0.0347. The molecule has 26 heavy (non-hydrogen) atoms. The summed E-state index contributed by atoms with van der Waals surface area (Å²) in [5.41, 5.74) is 8.12. The summed E-state index contributed by atoms with van der Waals surface area (Å²) >= 11 is 0. The number of nitrogens with one attached hydrogen (secondary N) is 1. The Morgan fingerprint density at radius 2 is 1.77 bits per heavy atom. The number of hydrogen-bond acceptors (Lipinski definition) is 4. The van der Waals surface area contributed by atoms with Crippen LogP contribution in [0.4, 0.5) is 0 Å². The SMILES string of the molecule is COc1ccc(CN=C(N)NCC(C)Oc2ccc(C)cc2)cc1OC. The molecule has 0 aliphatic rings. The van der Waals surface area contributed by atoms with Gasteiger partial charge in [-0.2, -0.15) is 0 Å². The zero-order chi connectivity index (χ0) is 18.9. The van der Waals surface area contributed by atoms with Gasteiger partial charge >= 0.3 is 0 Å². The van der Waals surface area contributed by atoms with Crippen LogP contribution in [0.3, 0.4) is 0 Å². The standard InChI is InChI=1S/C20H27N3O3/c1-14-5-8-17(9-6-14)26-15(2)12-22-20(21)23-13-16-7-10-18(24-3)19(11-16)25-4/h5-11,15H,12-13H2,1-4H3,(H3,21,22,23). The van der Waals surface area contributed by atoms with E-state index in [4.69, 9.17) is 19.9 Å². The lowest BCUT2D eigenvalue weighted by molar-refractivity contribution is 0.224. The van der Waals surface area contributed by atoms with Crippen molar-refractivity contribution < 1.29 is 14.2 Å². The molecule has 3 N–H and O–H groups in total. The van der Waals surface area contributed by atoms with Crippen LogP contribution < -0.4 is 25.3 Å². The second kappa shape index (κ2) is 9.56. The topological polar surface area (TPSA) is 78.1 Å². The second-order valence-electron chi connectivity index (χ2n) is 6.01. The van der Waals surface area contributed by atoms with Crippen LogP contribution in [0.5, 0.6) is 17.2 Å². The summed E-state index contributed by atoms with van der Waals surface area (Å²) in [7, 11) is 3.22. The van der Waals surface area contributed by atoms with Crippen molar-refractivity contribution in [1.82, 2.24) is 5.32 Å². The fourth-order valence-corrected chi connectivity index (χ4v) is 2.35. The van der Waals surface area contributed by atoms with Gasteiger partial charge in [0.1, 0.15) is 11.9 Å². The lowest BCUT2D eigenvalue weighted by Gasteiger charge is -2.16. The fraction of sp³-hybridized carbons (Fsp3) is 0.350. The number of rotatable bonds is 8. The molecular weight excluding hydrogens is 330 g/mol. The van der Waals surface area contributed by atoms with Crippen molar-refractivity contribution >= 4 is 5.96 Å². The van der Waals surface area contributed by atoms with Crippen molar-refractivity contribution in [3.63, 3.8) is 0 Å². The molecule has 2 aromatic rings. The molecule has 0 saturated carbocycles. The smallest absolute Gasteiger partial charge is 0.189 e. The number of aliphatic imine (C=N–C) groups is 1. The maximum absolute atomic E-state index is 5.94. The molecule has 6 heteroatoms. The second-order valence-corrected chi connectivity index (χ2v) is 6.01. The largest absolute Gasteiger partial charge is 0.493 e. The van der Waals surface area contributed by atoms with Crippen LogP contribution in [0.15, 0.2) is 47.5 Å². The van der Waals surface area contributed by atoms with Crippen molar-refractivity contribution in [1.29, 1.82) is 0 Å². The Morgan fingerprint density at radius 3 is 2.42 bits per heavy atom. The molecule has 0 amide bonds. The molecule has 0 saturated heterocycles. The summed E-state index contributed by atoms with van der Waals surface area (Å²) in [6.45, 7) is 5.04. The highest BCUT2D eigenvalue weighted by molar-refractivity contribution is 5.77. The third-order valence-corrected chi connectivity index (χ3v) is 3.81. The van der Waals surface area contributed by atoms with Gasteiger partial charge in [0.05, 0.1) is 27.3 Å². The first-order valence-electron chi connectivity index (χ1n) is 8.50. The number of nitrogens with two attached hydrogens (primary N) is 1. The lowest BCUT2D eigenvalue weighted by Crippen LogP contribution is -2.38. The Balaban J connectivity index is 1.83. The summed E-state index contributed by atoms with van der Waals surface area (Å²) in [6, 6.07) is 13.6. The highest BCUT2D eigenvalue weighted by Crippen LogP contribution is 2.27. The van der Waals surface area contributed by atoms with Crippen LogP contribution in [0.1, 0.15) is 18.1 Å². The fourth-order valence-electron chi connectivity index (χ4n) is 2.35. The molecule has 2 rings (SSSR count). The van der Waals surface area contributed by atoms with Gasteiger partial charge in [-0.1, -0.05) is 23.8 Å². The molecule has 0 aliphatic heterocycles. The maximum atomic E-state index is 5.94. The van der Waals surface area contributed by atoms with E-state index >= 15 is 0 Å². The average molecular weight is 357 g/mol. The normalized spacial score (nSPS) is 12.4. The molecule has 0 radical (unpaired) electrons. The molecular formula is C20H27N3O3. The van der Waals surface area contributed by atoms with Crippen LogP contribution in [0.25, 0.3) is 0 Å². The summed E-state index contributed by atoms with van der Waals surface area (Å²) in [5, 5.41) is 3.08. The third-order valence-electron chi connectivity index (χ3n) is 3.81. The Morgan fingerprint density at radius 1 is 1.08 bits per heavy atom. The van der Waals surface area contributed by atoms with Crippen molar-refractivity contribution in [2.75, 3.05) is 20.8 Å². The molecule has 1 atom stereocenters. The Kier molecular flexibility index (Phi) is 7.14. The number of benzene rings is 2. The molecule has 1 unspecified atom stereocenters. The number of ether oxygens (including phenoxy) is 3. The van der Waals surface area contributed by atoms with Gasteiger partial charge in [-0.15, -0.1) is 0 Å². The van der Waals surface area contributed by atoms with Gasteiger partial charge in [-0.05, 0) is 43.7 Å². The summed E-state index contributed by atoms with van der Waals surface area (Å²) in [4.78, 5) is 4.35. The van der Waals surface area contributed by atoms with Gasteiger partial charge in [0.2, 0.25) is 0 Å². The summed E-state index contributed by atoms with van der Waals surface area (Å²) in [5.74, 6) is 2.57. The molecule has 0 aliphatic carbocycles. The number of aryl methyl sites for hydroxylation is 1. The van der Waals surface area contributed by atoms with Crippen molar-refractivity contribution in [3.05, 3.63) is 53.6 Å². The van der Waals surface area contributed by atoms with Gasteiger partial charge in [0, 0.05) is 0 Å². The molecule has 0 spiro atoms. The van der Waals surface area contributed by atoms with E-state index in [1.54, 1.807) is 14.2 Å². The molecule has 6 nitrogen and oxygen atoms in total. The Hall–Kier alpha value is -2.89. The van der Waals surface area contributed by atoms with Crippen molar-refractivity contribution in [2.24, 2.45) is 10.7 Å². The van der Waals surface area contributed by atoms with E-state index in [-0.39, 0.29) is 6.10 Å². The van der Waals surface area contributed by atoms with Crippen molar-refractivity contribution in [3.8, 4) is 17.2 Å². The minimum atomic E-state index is -0.0347. The molecule has 2 aromatic carbocycles. The Bertz CT molecular complexity index is 730. The van der Waals surface area contributed by atoms with Gasteiger partial charge in [-0.25, -0.2) is 4.99 Å². The van der Waals surface area contributed by atoms with Gasteiger partial charge in [0.15, 0.2) is 17.5 Å². The zero-order valence-corrected chi connectivity index (χ0v) is 15.8. The Labute approximate surface area is 155 Å². The average Bonchev–Trinajstić information content (AvgIpc) is 2.66. The molecule has 0 aromatic heterocycles. The van der Waals surface area contributed by atoms with E-state index in [1.165, 1.54) is 5.56 Å². The number of nitrogens with zero attached hydrogens (tertiary/aromatic N) is 1. The highest BCUT2D eigenvalue weighted by Gasteiger charge is 2.06. The molecule has 0 bridgehead atoms. The van der Waals surface area contributed by atoms with Crippen LogP contribution in [0, 0.1) is 6.92 Å². The number of guanidine groups is 1. The first kappa shape index (κ1) is 19.4. The van der Waals surface area contributed by atoms with E-state index in [1.807, 2.05) is 56.3 Å². The van der Waals surface area contributed by atoms with E-state index < -0.39 is 0 Å². The first-order valence-corrected chi connectivity index (χ1v) is 8.50. The zero-order valence-electron chi connectivity index (χ0n) is 15.8. The van der Waals surface area contributed by atoms with Crippen molar-refractivity contribution in [2.45, 2.75) is 26.5 Å². The van der Waals surface area contributed by atoms with Crippen LogP contribution in [-0.4, -0.2) is 32.8 Å². The van der Waals surface area contributed by atoms with Gasteiger partial charge < -0.3 is 25.3 Å². The lowest BCUT2D eigenvalue weighted by atomic mass is 10.2. The highest BCUT2D eigenvalue weighted by atomic mass is 16.5. The van der Waals surface area contributed by atoms with Crippen LogP contribution in [-0.2, 0) is 6.54 Å². The quantitative estimate of drug-likeness (QED) is 0.561. The predicted molar refractivity (Wildman–Crippen MR) is 104 cm³/mol. The monoisotopic (exact) mass is 357 g/mol. The summed E-state index contributed by atoms with van der Waals surface area (Å²) in [6.07, 6.45) is -0.0347. The third kappa shape index (κ3) is 5.88. The first-order chi connectivity index (χ1) is 12.5. The summed E-state index contributed by atoms with van der Waals surface area (Å²) < 4.78 is 16.3. The minimum Gasteiger partial charge on any atom is -0.493 e. The van der Waals surface area contributed by atoms with Gasteiger partial charge in [0.25, 0.3) is 0 Å². The molecule has 0 fully saturated rings. The van der Waals surface area contributed by atoms with Crippen LogP contribution in [0.2, 0.25) is 0 Å². The van der Waals surface area contributed by atoms with E-state index in [2.05, 4.69) is 10.3 Å². The molecule has 0 heterocycles.